The topological polar surface area (TPSA) is 63.6 Å². The Morgan fingerprint density at radius 2 is 2.17 bits per heavy atom. The molecule has 68 valence electrons. The van der Waals surface area contributed by atoms with Crippen molar-refractivity contribution < 1.29 is 19.4 Å². The van der Waals surface area contributed by atoms with Crippen LogP contribution in [0.2, 0.25) is 0 Å². The molecule has 0 unspecified atom stereocenters. The minimum atomic E-state index is -1.16. The number of rotatable bonds is 5. The second-order valence-corrected chi connectivity index (χ2v) is 2.82. The van der Waals surface area contributed by atoms with Gasteiger partial charge in [-0.05, 0) is 6.26 Å². The van der Waals surface area contributed by atoms with Crippen molar-refractivity contribution in [1.82, 2.24) is 0 Å². The molecule has 0 radical (unpaired) electrons. The molecular weight excluding hydrogens is 180 g/mol. The Hall–Kier alpha value is -0.970. The molecule has 0 aliphatic rings. The van der Waals surface area contributed by atoms with E-state index < -0.39 is 11.9 Å². The molecule has 0 spiro atoms. The van der Waals surface area contributed by atoms with E-state index in [1.165, 1.54) is 0 Å². The monoisotopic (exact) mass is 190 g/mol. The van der Waals surface area contributed by atoms with Gasteiger partial charge in [0.25, 0.3) is 0 Å². The zero-order chi connectivity index (χ0) is 9.40. The van der Waals surface area contributed by atoms with Gasteiger partial charge in [-0.1, -0.05) is 0 Å². The van der Waals surface area contributed by atoms with E-state index in [2.05, 4.69) is 4.74 Å². The minimum Gasteiger partial charge on any atom is -0.478 e. The molecule has 0 amide bonds. The lowest BCUT2D eigenvalue weighted by atomic mass is 10.5. The number of carboxylic acids is 1. The van der Waals surface area contributed by atoms with Crippen molar-refractivity contribution in [3.8, 4) is 0 Å². The van der Waals surface area contributed by atoms with Crippen molar-refractivity contribution in [3.05, 3.63) is 12.2 Å². The van der Waals surface area contributed by atoms with Crippen LogP contribution in [0, 0.1) is 0 Å². The standard InChI is InChI=1S/C7H10O4S/c1-12-5-4-11-7(10)3-2-6(8)9/h2-3H,4-5H2,1H3,(H,8,9)/b3-2+. The molecule has 12 heavy (non-hydrogen) atoms. The van der Waals surface area contributed by atoms with Gasteiger partial charge < -0.3 is 9.84 Å². The molecule has 0 aliphatic heterocycles. The van der Waals surface area contributed by atoms with Gasteiger partial charge in [0, 0.05) is 17.9 Å². The number of carbonyl (C=O) groups is 2. The Labute approximate surface area is 74.6 Å². The molecule has 5 heteroatoms. The number of aliphatic carboxylic acids is 1. The van der Waals surface area contributed by atoms with Crippen LogP contribution in [0.3, 0.4) is 0 Å². The maximum atomic E-state index is 10.6. The molecule has 0 atom stereocenters. The van der Waals surface area contributed by atoms with Crippen molar-refractivity contribution in [2.45, 2.75) is 0 Å². The molecular formula is C7H10O4S. The van der Waals surface area contributed by atoms with Gasteiger partial charge in [0.1, 0.15) is 6.61 Å². The Morgan fingerprint density at radius 3 is 2.67 bits per heavy atom. The quantitative estimate of drug-likeness (QED) is 0.389. The number of thioether (sulfide) groups is 1. The van der Waals surface area contributed by atoms with Crippen LogP contribution in [-0.2, 0) is 14.3 Å². The first-order chi connectivity index (χ1) is 5.66. The van der Waals surface area contributed by atoms with Crippen molar-refractivity contribution >= 4 is 23.7 Å². The van der Waals surface area contributed by atoms with Gasteiger partial charge in [0.15, 0.2) is 0 Å². The fourth-order valence-electron chi connectivity index (χ4n) is 0.413. The molecule has 4 nitrogen and oxygen atoms in total. The zero-order valence-corrected chi connectivity index (χ0v) is 7.47. The Balaban J connectivity index is 3.53. The lowest BCUT2D eigenvalue weighted by Gasteiger charge is -1.97. The first-order valence-corrected chi connectivity index (χ1v) is 4.63. The number of ether oxygens (including phenoxy) is 1. The maximum absolute atomic E-state index is 10.6. The molecule has 0 aromatic carbocycles. The predicted octanol–water partition coefficient (Wildman–Crippen LogP) is 0.533. The fraction of sp³-hybridized carbons (Fsp3) is 0.429. The highest BCUT2D eigenvalue weighted by Gasteiger charge is 1.96. The summed E-state index contributed by atoms with van der Waals surface area (Å²) in [5.74, 6) is -1.06. The number of carboxylic acid groups (broad SMARTS) is 1. The van der Waals surface area contributed by atoms with Crippen molar-refractivity contribution in [2.75, 3.05) is 18.6 Å². The average Bonchev–Trinajstić information content (AvgIpc) is 2.01. The summed E-state index contributed by atoms with van der Waals surface area (Å²) in [5, 5.41) is 8.14. The van der Waals surface area contributed by atoms with E-state index in [1.807, 2.05) is 6.26 Å². The van der Waals surface area contributed by atoms with Gasteiger partial charge in [0.2, 0.25) is 0 Å². The van der Waals surface area contributed by atoms with Gasteiger partial charge in [0.05, 0.1) is 0 Å². The normalized spacial score (nSPS) is 10.1. The first kappa shape index (κ1) is 11.0. The highest BCUT2D eigenvalue weighted by atomic mass is 32.2. The number of carbonyl (C=O) groups excluding carboxylic acids is 1. The van der Waals surface area contributed by atoms with E-state index in [1.54, 1.807) is 11.8 Å². The summed E-state index contributed by atoms with van der Waals surface area (Å²) in [6.45, 7) is 0.309. The lowest BCUT2D eigenvalue weighted by Crippen LogP contribution is -2.04. The lowest BCUT2D eigenvalue weighted by molar-refractivity contribution is -0.138. The van der Waals surface area contributed by atoms with Crippen molar-refractivity contribution in [1.29, 1.82) is 0 Å². The molecule has 0 aliphatic carbocycles. The van der Waals surface area contributed by atoms with Crippen LogP contribution in [0.4, 0.5) is 0 Å². The predicted molar refractivity (Wildman–Crippen MR) is 46.1 cm³/mol. The van der Waals surface area contributed by atoms with Gasteiger partial charge in [-0.15, -0.1) is 0 Å². The average molecular weight is 190 g/mol. The van der Waals surface area contributed by atoms with Crippen LogP contribution in [0.25, 0.3) is 0 Å². The minimum absolute atomic E-state index is 0.309. The van der Waals surface area contributed by atoms with Crippen LogP contribution in [-0.4, -0.2) is 35.7 Å². The second-order valence-electron chi connectivity index (χ2n) is 1.83. The Morgan fingerprint density at radius 1 is 1.50 bits per heavy atom. The van der Waals surface area contributed by atoms with Crippen LogP contribution in [0.15, 0.2) is 12.2 Å². The number of hydrogen-bond acceptors (Lipinski definition) is 4. The smallest absolute Gasteiger partial charge is 0.331 e. The third kappa shape index (κ3) is 7.14. The van der Waals surface area contributed by atoms with Crippen LogP contribution < -0.4 is 0 Å². The summed E-state index contributed by atoms with van der Waals surface area (Å²) in [7, 11) is 0. The summed E-state index contributed by atoms with van der Waals surface area (Å²) in [5.41, 5.74) is 0. The molecule has 0 aromatic rings. The molecule has 0 aromatic heterocycles. The van der Waals surface area contributed by atoms with E-state index >= 15 is 0 Å². The largest absolute Gasteiger partial charge is 0.478 e. The molecule has 0 rings (SSSR count). The third-order valence-electron chi connectivity index (χ3n) is 0.894. The molecule has 0 saturated carbocycles. The first-order valence-electron chi connectivity index (χ1n) is 3.23. The molecule has 0 fully saturated rings. The zero-order valence-electron chi connectivity index (χ0n) is 6.65. The summed E-state index contributed by atoms with van der Waals surface area (Å²) in [4.78, 5) is 20.6. The van der Waals surface area contributed by atoms with Crippen LogP contribution >= 0.6 is 11.8 Å². The number of esters is 1. The molecule has 1 N–H and O–H groups in total. The van der Waals surface area contributed by atoms with Crippen LogP contribution in [0.1, 0.15) is 0 Å². The third-order valence-corrected chi connectivity index (χ3v) is 1.47. The molecule has 0 heterocycles. The van der Waals surface area contributed by atoms with Crippen molar-refractivity contribution in [3.63, 3.8) is 0 Å². The van der Waals surface area contributed by atoms with Gasteiger partial charge in [-0.25, -0.2) is 9.59 Å². The second kappa shape index (κ2) is 6.72. The highest BCUT2D eigenvalue weighted by Crippen LogP contribution is 1.91. The van der Waals surface area contributed by atoms with E-state index in [9.17, 15) is 9.59 Å². The summed E-state index contributed by atoms with van der Waals surface area (Å²) < 4.78 is 4.62. The van der Waals surface area contributed by atoms with Crippen molar-refractivity contribution in [2.24, 2.45) is 0 Å². The van der Waals surface area contributed by atoms with E-state index in [0.29, 0.717) is 12.4 Å². The number of hydrogen-bond donors (Lipinski definition) is 1. The van der Waals surface area contributed by atoms with Gasteiger partial charge in [-0.3, -0.25) is 0 Å². The van der Waals surface area contributed by atoms with E-state index in [0.717, 1.165) is 12.2 Å². The van der Waals surface area contributed by atoms with Gasteiger partial charge >= 0.3 is 11.9 Å². The molecule has 0 bridgehead atoms. The summed E-state index contributed by atoms with van der Waals surface area (Å²) in [6.07, 6.45) is 3.53. The highest BCUT2D eigenvalue weighted by molar-refractivity contribution is 7.98. The Bertz CT molecular complexity index is 188. The van der Waals surface area contributed by atoms with E-state index in [-0.39, 0.29) is 0 Å². The summed E-state index contributed by atoms with van der Waals surface area (Å²) >= 11 is 1.55. The fourth-order valence-corrected chi connectivity index (χ4v) is 0.663. The summed E-state index contributed by atoms with van der Waals surface area (Å²) in [6, 6.07) is 0. The SMILES string of the molecule is CSCCOC(=O)/C=C/C(=O)O. The Kier molecular flexibility index (Phi) is 6.18. The molecule has 0 saturated heterocycles. The van der Waals surface area contributed by atoms with Gasteiger partial charge in [-0.2, -0.15) is 11.8 Å². The maximum Gasteiger partial charge on any atom is 0.331 e. The van der Waals surface area contributed by atoms with Crippen LogP contribution in [0.5, 0.6) is 0 Å². The van der Waals surface area contributed by atoms with E-state index in [4.69, 9.17) is 5.11 Å².